The van der Waals surface area contributed by atoms with E-state index < -0.39 is 15.8 Å². The van der Waals surface area contributed by atoms with Gasteiger partial charge < -0.3 is 4.74 Å². The quantitative estimate of drug-likeness (QED) is 0.849. The maximum absolute atomic E-state index is 13.8. The molecule has 1 fully saturated rings. The fourth-order valence-electron chi connectivity index (χ4n) is 2.61. The molecule has 1 N–H and O–H groups in total. The molecule has 0 spiro atoms. The van der Waals surface area contributed by atoms with Crippen molar-refractivity contribution in [3.8, 4) is 5.75 Å². The number of hydrogen-bond acceptors (Lipinski definition) is 3. The molecule has 118 valence electrons. The van der Waals surface area contributed by atoms with Crippen molar-refractivity contribution in [1.82, 2.24) is 4.72 Å². The zero-order chi connectivity index (χ0) is 15.3. The van der Waals surface area contributed by atoms with Crippen molar-refractivity contribution >= 4 is 10.0 Å². The Hall–Kier alpha value is -1.14. The van der Waals surface area contributed by atoms with E-state index in [0.717, 1.165) is 44.6 Å². The van der Waals surface area contributed by atoms with Crippen LogP contribution in [0.4, 0.5) is 4.39 Å². The molecule has 1 aliphatic carbocycles. The SMILES string of the molecule is CCOc1ccc(S(=O)(=O)NC2CCCCCC2)cc1F. The van der Waals surface area contributed by atoms with Gasteiger partial charge in [0.15, 0.2) is 11.6 Å². The standard InChI is InChI=1S/C15H22FNO3S/c1-2-20-15-10-9-13(11-14(15)16)21(18,19)17-12-7-5-3-4-6-8-12/h9-12,17H,2-8H2,1H3. The molecule has 1 aliphatic rings. The van der Waals surface area contributed by atoms with E-state index in [1.807, 2.05) is 0 Å². The molecule has 0 saturated heterocycles. The number of halogens is 1. The Labute approximate surface area is 125 Å². The topological polar surface area (TPSA) is 55.4 Å². The predicted octanol–water partition coefficient (Wildman–Crippen LogP) is 3.23. The van der Waals surface area contributed by atoms with Crippen LogP contribution in [0.2, 0.25) is 0 Å². The molecule has 6 heteroatoms. The molecule has 0 atom stereocenters. The predicted molar refractivity (Wildman–Crippen MR) is 79.4 cm³/mol. The molecule has 0 heterocycles. The summed E-state index contributed by atoms with van der Waals surface area (Å²) < 4.78 is 46.2. The molecule has 0 bridgehead atoms. The molecule has 0 aliphatic heterocycles. The third-order valence-corrected chi connectivity index (χ3v) is 5.21. The molecule has 0 amide bonds. The van der Waals surface area contributed by atoms with Gasteiger partial charge in [0.25, 0.3) is 0 Å². The van der Waals surface area contributed by atoms with E-state index in [1.54, 1.807) is 6.92 Å². The summed E-state index contributed by atoms with van der Waals surface area (Å²) in [6.07, 6.45) is 6.05. The lowest BCUT2D eigenvalue weighted by Crippen LogP contribution is -2.34. The molecule has 0 radical (unpaired) electrons. The van der Waals surface area contributed by atoms with E-state index in [-0.39, 0.29) is 16.7 Å². The Morgan fingerprint density at radius 1 is 1.24 bits per heavy atom. The molecule has 21 heavy (non-hydrogen) atoms. The van der Waals surface area contributed by atoms with Gasteiger partial charge in [0, 0.05) is 6.04 Å². The first kappa shape index (κ1) is 16.2. The van der Waals surface area contributed by atoms with Crippen LogP contribution in [-0.4, -0.2) is 21.1 Å². The lowest BCUT2D eigenvalue weighted by atomic mass is 10.1. The normalized spacial score (nSPS) is 17.4. The van der Waals surface area contributed by atoms with Crippen LogP contribution in [0.5, 0.6) is 5.75 Å². The highest BCUT2D eigenvalue weighted by molar-refractivity contribution is 7.89. The van der Waals surface area contributed by atoms with Gasteiger partial charge in [-0.3, -0.25) is 0 Å². The summed E-state index contributed by atoms with van der Waals surface area (Å²) in [4.78, 5) is -0.0484. The van der Waals surface area contributed by atoms with Crippen molar-refractivity contribution in [3.05, 3.63) is 24.0 Å². The maximum Gasteiger partial charge on any atom is 0.240 e. The lowest BCUT2D eigenvalue weighted by Gasteiger charge is -2.16. The molecule has 1 aromatic rings. The average molecular weight is 315 g/mol. The maximum atomic E-state index is 13.8. The zero-order valence-electron chi connectivity index (χ0n) is 12.3. The summed E-state index contributed by atoms with van der Waals surface area (Å²) in [6, 6.07) is 3.71. The minimum atomic E-state index is -3.68. The molecule has 1 aromatic carbocycles. The summed E-state index contributed by atoms with van der Waals surface area (Å²) in [7, 11) is -3.68. The van der Waals surface area contributed by atoms with E-state index in [9.17, 15) is 12.8 Å². The van der Waals surface area contributed by atoms with Crippen LogP contribution >= 0.6 is 0 Å². The fraction of sp³-hybridized carbons (Fsp3) is 0.600. The Morgan fingerprint density at radius 3 is 2.48 bits per heavy atom. The van der Waals surface area contributed by atoms with Gasteiger partial charge in [-0.25, -0.2) is 17.5 Å². The summed E-state index contributed by atoms with van der Waals surface area (Å²) in [5, 5.41) is 0. The van der Waals surface area contributed by atoms with Crippen molar-refractivity contribution in [2.75, 3.05) is 6.61 Å². The third kappa shape index (κ3) is 4.41. The highest BCUT2D eigenvalue weighted by Crippen LogP contribution is 2.23. The second-order valence-electron chi connectivity index (χ2n) is 5.34. The minimum absolute atomic E-state index is 0.0484. The smallest absolute Gasteiger partial charge is 0.240 e. The Kier molecular flexibility index (Phi) is 5.58. The van der Waals surface area contributed by atoms with E-state index >= 15 is 0 Å². The van der Waals surface area contributed by atoms with E-state index in [4.69, 9.17) is 4.74 Å². The average Bonchev–Trinajstić information content (AvgIpc) is 2.69. The second kappa shape index (κ2) is 7.22. The van der Waals surface area contributed by atoms with Crippen molar-refractivity contribution in [2.24, 2.45) is 0 Å². The number of ether oxygens (including phenoxy) is 1. The van der Waals surface area contributed by atoms with Gasteiger partial charge in [0.2, 0.25) is 10.0 Å². The minimum Gasteiger partial charge on any atom is -0.491 e. The third-order valence-electron chi connectivity index (χ3n) is 3.69. The van der Waals surface area contributed by atoms with Crippen molar-refractivity contribution in [1.29, 1.82) is 0 Å². The van der Waals surface area contributed by atoms with Crippen molar-refractivity contribution in [3.63, 3.8) is 0 Å². The van der Waals surface area contributed by atoms with Gasteiger partial charge in [-0.15, -0.1) is 0 Å². The molecular weight excluding hydrogens is 293 g/mol. The Bertz CT molecular complexity index is 566. The van der Waals surface area contributed by atoms with Crippen molar-refractivity contribution < 1.29 is 17.5 Å². The zero-order valence-corrected chi connectivity index (χ0v) is 13.1. The number of hydrogen-bond donors (Lipinski definition) is 1. The molecule has 1 saturated carbocycles. The first-order chi connectivity index (χ1) is 10.0. The van der Waals surface area contributed by atoms with Crippen LogP contribution < -0.4 is 9.46 Å². The summed E-state index contributed by atoms with van der Waals surface area (Å²) in [5.41, 5.74) is 0. The van der Waals surface area contributed by atoms with Crippen molar-refractivity contribution in [2.45, 2.75) is 56.4 Å². The van der Waals surface area contributed by atoms with Crippen LogP contribution in [0.15, 0.2) is 23.1 Å². The highest BCUT2D eigenvalue weighted by Gasteiger charge is 2.22. The molecule has 0 aromatic heterocycles. The molecule has 0 unspecified atom stereocenters. The van der Waals surface area contributed by atoms with Crippen LogP contribution in [0.1, 0.15) is 45.4 Å². The first-order valence-corrected chi connectivity index (χ1v) is 8.96. The van der Waals surface area contributed by atoms with Gasteiger partial charge in [-0.05, 0) is 38.0 Å². The van der Waals surface area contributed by atoms with E-state index in [2.05, 4.69) is 4.72 Å². The highest BCUT2D eigenvalue weighted by atomic mass is 32.2. The summed E-state index contributed by atoms with van der Waals surface area (Å²) in [5.74, 6) is -0.577. The number of sulfonamides is 1. The van der Waals surface area contributed by atoms with Crippen LogP contribution in [0.3, 0.4) is 0 Å². The number of rotatable bonds is 5. The van der Waals surface area contributed by atoms with E-state index in [1.165, 1.54) is 12.1 Å². The lowest BCUT2D eigenvalue weighted by molar-refractivity contribution is 0.321. The first-order valence-electron chi connectivity index (χ1n) is 7.47. The van der Waals surface area contributed by atoms with Gasteiger partial charge >= 0.3 is 0 Å². The largest absolute Gasteiger partial charge is 0.491 e. The van der Waals surface area contributed by atoms with Crippen LogP contribution in [0.25, 0.3) is 0 Å². The number of nitrogens with one attached hydrogen (secondary N) is 1. The number of benzene rings is 1. The van der Waals surface area contributed by atoms with Crippen LogP contribution in [-0.2, 0) is 10.0 Å². The van der Waals surface area contributed by atoms with E-state index in [0.29, 0.717) is 6.61 Å². The van der Waals surface area contributed by atoms with Gasteiger partial charge in [-0.2, -0.15) is 0 Å². The summed E-state index contributed by atoms with van der Waals surface area (Å²) in [6.45, 7) is 2.08. The van der Waals surface area contributed by atoms with Crippen LogP contribution in [0, 0.1) is 5.82 Å². The second-order valence-corrected chi connectivity index (χ2v) is 7.05. The molecular formula is C15H22FNO3S. The monoisotopic (exact) mass is 315 g/mol. The van der Waals surface area contributed by atoms with Gasteiger partial charge in [-0.1, -0.05) is 25.7 Å². The van der Waals surface area contributed by atoms with Gasteiger partial charge in [0.05, 0.1) is 11.5 Å². The fourth-order valence-corrected chi connectivity index (χ4v) is 3.92. The Balaban J connectivity index is 2.13. The summed E-state index contributed by atoms with van der Waals surface area (Å²) >= 11 is 0. The molecule has 2 rings (SSSR count). The van der Waals surface area contributed by atoms with Gasteiger partial charge in [0.1, 0.15) is 0 Å². The molecule has 4 nitrogen and oxygen atoms in total. The Morgan fingerprint density at radius 2 is 1.90 bits per heavy atom.